The first-order valence-electron chi connectivity index (χ1n) is 3.78. The van der Waals surface area contributed by atoms with Crippen molar-refractivity contribution >= 4 is 21.6 Å². The lowest BCUT2D eigenvalue weighted by Gasteiger charge is -2.00. The lowest BCUT2D eigenvalue weighted by Crippen LogP contribution is -1.89. The Morgan fingerprint density at radius 2 is 2.17 bits per heavy atom. The summed E-state index contributed by atoms with van der Waals surface area (Å²) in [6.45, 7) is 4.12. The Balaban J connectivity index is 2.87. The van der Waals surface area contributed by atoms with E-state index in [0.717, 1.165) is 10.1 Å². The third-order valence-corrected chi connectivity index (χ3v) is 2.82. The Bertz CT molecular complexity index is 431. The molecule has 2 heterocycles. The van der Waals surface area contributed by atoms with Crippen LogP contribution in [0.3, 0.4) is 0 Å². The summed E-state index contributed by atoms with van der Waals surface area (Å²) < 4.78 is 3.20. The quantitative estimate of drug-likeness (QED) is 0.673. The third kappa shape index (κ3) is 1.05. The monoisotopic (exact) mass is 224 g/mol. The van der Waals surface area contributed by atoms with Gasteiger partial charge in [0, 0.05) is 22.6 Å². The fourth-order valence-corrected chi connectivity index (χ4v) is 1.53. The van der Waals surface area contributed by atoms with Crippen molar-refractivity contribution in [2.75, 3.05) is 0 Å². The summed E-state index contributed by atoms with van der Waals surface area (Å²) in [5.74, 6) is 0. The van der Waals surface area contributed by atoms with Gasteiger partial charge >= 0.3 is 0 Å². The van der Waals surface area contributed by atoms with E-state index in [9.17, 15) is 0 Å². The van der Waals surface area contributed by atoms with E-state index >= 15 is 0 Å². The van der Waals surface area contributed by atoms with E-state index in [4.69, 9.17) is 0 Å². The first kappa shape index (κ1) is 7.80. The molecule has 0 N–H and O–H groups in total. The summed E-state index contributed by atoms with van der Waals surface area (Å²) in [5, 5.41) is 0. The molecule has 0 aliphatic carbocycles. The van der Waals surface area contributed by atoms with Crippen LogP contribution in [0.4, 0.5) is 0 Å². The maximum absolute atomic E-state index is 4.25. The zero-order valence-electron chi connectivity index (χ0n) is 7.00. The van der Waals surface area contributed by atoms with Crippen LogP contribution in [0.25, 0.3) is 5.65 Å². The van der Waals surface area contributed by atoms with Crippen LogP contribution in [-0.4, -0.2) is 9.38 Å². The highest BCUT2D eigenvalue weighted by Crippen LogP contribution is 2.18. The predicted molar refractivity (Wildman–Crippen MR) is 52.4 cm³/mol. The SMILES string of the molecule is Cc1cn2c(C)cnc2cc1Br. The number of rotatable bonds is 0. The Kier molecular flexibility index (Phi) is 1.68. The lowest BCUT2D eigenvalue weighted by molar-refractivity contribution is 1.09. The maximum Gasteiger partial charge on any atom is 0.138 e. The molecule has 0 spiro atoms. The molecule has 0 bridgehead atoms. The minimum atomic E-state index is 0.991. The third-order valence-electron chi connectivity index (χ3n) is 1.97. The molecule has 0 atom stereocenters. The highest BCUT2D eigenvalue weighted by Gasteiger charge is 2.01. The highest BCUT2D eigenvalue weighted by atomic mass is 79.9. The number of hydrogen-bond acceptors (Lipinski definition) is 1. The first-order valence-corrected chi connectivity index (χ1v) is 4.57. The highest BCUT2D eigenvalue weighted by molar-refractivity contribution is 9.10. The average Bonchev–Trinajstić information content (AvgIpc) is 2.35. The molecular formula is C9H9BrN2. The first-order chi connectivity index (χ1) is 5.68. The Morgan fingerprint density at radius 1 is 1.42 bits per heavy atom. The number of halogens is 1. The topological polar surface area (TPSA) is 17.3 Å². The molecule has 0 radical (unpaired) electrons. The minimum absolute atomic E-state index is 0.991. The smallest absolute Gasteiger partial charge is 0.138 e. The van der Waals surface area contributed by atoms with Crippen LogP contribution >= 0.6 is 15.9 Å². The predicted octanol–water partition coefficient (Wildman–Crippen LogP) is 2.71. The molecule has 2 aromatic rings. The Morgan fingerprint density at radius 3 is 2.92 bits per heavy atom. The summed E-state index contributed by atoms with van der Waals surface area (Å²) in [6, 6.07) is 2.03. The fraction of sp³-hybridized carbons (Fsp3) is 0.222. The van der Waals surface area contributed by atoms with Crippen LogP contribution in [0.5, 0.6) is 0 Å². The van der Waals surface area contributed by atoms with E-state index in [1.807, 2.05) is 19.2 Å². The van der Waals surface area contributed by atoms with Crippen LogP contribution in [-0.2, 0) is 0 Å². The van der Waals surface area contributed by atoms with Gasteiger partial charge in [-0.05, 0) is 25.5 Å². The molecule has 3 heteroatoms. The molecule has 0 unspecified atom stereocenters. The van der Waals surface area contributed by atoms with E-state index in [1.54, 1.807) is 0 Å². The number of aromatic nitrogens is 2. The minimum Gasteiger partial charge on any atom is -0.304 e. The van der Waals surface area contributed by atoms with Crippen molar-refractivity contribution in [3.05, 3.63) is 34.2 Å². The normalized spacial score (nSPS) is 10.9. The molecule has 0 aromatic carbocycles. The fourth-order valence-electron chi connectivity index (χ4n) is 1.22. The average molecular weight is 225 g/mol. The number of pyridine rings is 1. The largest absolute Gasteiger partial charge is 0.304 e. The van der Waals surface area contributed by atoms with Gasteiger partial charge in [0.05, 0.1) is 0 Å². The molecule has 62 valence electrons. The number of hydrogen-bond donors (Lipinski definition) is 0. The molecule has 0 saturated carbocycles. The summed E-state index contributed by atoms with van der Waals surface area (Å²) in [7, 11) is 0. The lowest BCUT2D eigenvalue weighted by atomic mass is 10.3. The van der Waals surface area contributed by atoms with Gasteiger partial charge in [-0.3, -0.25) is 0 Å². The Labute approximate surface area is 79.4 Å². The summed E-state index contributed by atoms with van der Waals surface area (Å²) >= 11 is 3.47. The van der Waals surface area contributed by atoms with Crippen LogP contribution in [0, 0.1) is 13.8 Å². The molecule has 2 nitrogen and oxygen atoms in total. The second kappa shape index (κ2) is 2.59. The second-order valence-corrected chi connectivity index (χ2v) is 3.79. The van der Waals surface area contributed by atoms with E-state index in [-0.39, 0.29) is 0 Å². The van der Waals surface area contributed by atoms with E-state index in [0.29, 0.717) is 0 Å². The maximum atomic E-state index is 4.25. The van der Waals surface area contributed by atoms with Gasteiger partial charge in [0.1, 0.15) is 5.65 Å². The molecular weight excluding hydrogens is 216 g/mol. The number of aryl methyl sites for hydroxylation is 2. The molecule has 12 heavy (non-hydrogen) atoms. The zero-order valence-corrected chi connectivity index (χ0v) is 8.59. The van der Waals surface area contributed by atoms with Gasteiger partial charge in [-0.1, -0.05) is 15.9 Å². The van der Waals surface area contributed by atoms with Gasteiger partial charge in [-0.25, -0.2) is 4.98 Å². The van der Waals surface area contributed by atoms with Gasteiger partial charge < -0.3 is 4.40 Å². The molecule has 0 aliphatic rings. The van der Waals surface area contributed by atoms with Gasteiger partial charge in [-0.15, -0.1) is 0 Å². The molecule has 0 fully saturated rings. The van der Waals surface area contributed by atoms with Crippen molar-refractivity contribution in [1.29, 1.82) is 0 Å². The number of nitrogens with zero attached hydrogens (tertiary/aromatic N) is 2. The van der Waals surface area contributed by atoms with Crippen LogP contribution in [0.2, 0.25) is 0 Å². The van der Waals surface area contributed by atoms with Crippen molar-refractivity contribution in [2.45, 2.75) is 13.8 Å². The molecule has 2 aromatic heterocycles. The number of imidazole rings is 1. The van der Waals surface area contributed by atoms with Crippen molar-refractivity contribution in [3.63, 3.8) is 0 Å². The van der Waals surface area contributed by atoms with E-state index < -0.39 is 0 Å². The Hall–Kier alpha value is -0.830. The van der Waals surface area contributed by atoms with Gasteiger partial charge in [0.25, 0.3) is 0 Å². The summed E-state index contributed by atoms with van der Waals surface area (Å²) in [6.07, 6.45) is 3.96. The van der Waals surface area contributed by atoms with Crippen LogP contribution in [0.1, 0.15) is 11.3 Å². The van der Waals surface area contributed by atoms with Gasteiger partial charge in [0.15, 0.2) is 0 Å². The summed E-state index contributed by atoms with van der Waals surface area (Å²) in [4.78, 5) is 4.25. The second-order valence-electron chi connectivity index (χ2n) is 2.93. The van der Waals surface area contributed by atoms with E-state index in [2.05, 4.69) is 38.4 Å². The van der Waals surface area contributed by atoms with Crippen molar-refractivity contribution in [3.8, 4) is 0 Å². The van der Waals surface area contributed by atoms with Crippen molar-refractivity contribution in [1.82, 2.24) is 9.38 Å². The number of fused-ring (bicyclic) bond motifs is 1. The van der Waals surface area contributed by atoms with E-state index in [1.165, 1.54) is 11.3 Å². The van der Waals surface area contributed by atoms with Gasteiger partial charge in [0.2, 0.25) is 0 Å². The van der Waals surface area contributed by atoms with Crippen LogP contribution < -0.4 is 0 Å². The van der Waals surface area contributed by atoms with Crippen molar-refractivity contribution in [2.24, 2.45) is 0 Å². The van der Waals surface area contributed by atoms with Crippen LogP contribution in [0.15, 0.2) is 22.9 Å². The molecule has 2 rings (SSSR count). The molecule has 0 aliphatic heterocycles. The van der Waals surface area contributed by atoms with Crippen molar-refractivity contribution < 1.29 is 0 Å². The molecule has 0 amide bonds. The summed E-state index contributed by atoms with van der Waals surface area (Å²) in [5.41, 5.74) is 3.38. The molecule has 0 saturated heterocycles. The van der Waals surface area contributed by atoms with Gasteiger partial charge in [-0.2, -0.15) is 0 Å². The zero-order chi connectivity index (χ0) is 8.72. The standard InChI is InChI=1S/C9H9BrN2/c1-6-5-12-7(2)4-11-9(12)3-8(6)10/h3-5H,1-2H3.